The van der Waals surface area contributed by atoms with Crippen molar-refractivity contribution in [1.82, 2.24) is 9.88 Å². The van der Waals surface area contributed by atoms with Crippen LogP contribution in [0.4, 0.5) is 5.13 Å². The van der Waals surface area contributed by atoms with Crippen LogP contribution >= 0.6 is 11.3 Å². The summed E-state index contributed by atoms with van der Waals surface area (Å²) in [5.74, 6) is -0.0451. The topological polar surface area (TPSA) is 88.6 Å². The molecule has 31 heavy (non-hydrogen) atoms. The van der Waals surface area contributed by atoms with E-state index in [1.165, 1.54) is 16.2 Å². The van der Waals surface area contributed by atoms with Crippen LogP contribution in [0.1, 0.15) is 38.4 Å². The van der Waals surface area contributed by atoms with Gasteiger partial charge in [0.25, 0.3) is 11.8 Å². The van der Waals surface area contributed by atoms with E-state index in [4.69, 9.17) is 4.74 Å². The smallest absolute Gasteiger partial charge is 0.261 e. The van der Waals surface area contributed by atoms with E-state index < -0.39 is 0 Å². The maximum Gasteiger partial charge on any atom is 0.261 e. The molecule has 1 aromatic heterocycles. The number of amides is 3. The van der Waals surface area contributed by atoms with Crippen LogP contribution in [0, 0.1) is 6.92 Å². The van der Waals surface area contributed by atoms with Gasteiger partial charge in [-0.15, -0.1) is 11.3 Å². The molecule has 1 aliphatic heterocycles. The van der Waals surface area contributed by atoms with Gasteiger partial charge in [-0.2, -0.15) is 0 Å². The molecular formula is C23H21N3O4S. The normalized spacial score (nSPS) is 12.8. The summed E-state index contributed by atoms with van der Waals surface area (Å²) in [6.07, 6.45) is 0.566. The predicted octanol–water partition coefficient (Wildman–Crippen LogP) is 4.14. The predicted molar refractivity (Wildman–Crippen MR) is 119 cm³/mol. The molecule has 0 aliphatic carbocycles. The van der Waals surface area contributed by atoms with Gasteiger partial charge in [0.15, 0.2) is 5.13 Å². The van der Waals surface area contributed by atoms with Crippen molar-refractivity contribution in [3.05, 3.63) is 64.5 Å². The summed E-state index contributed by atoms with van der Waals surface area (Å²) in [6, 6.07) is 14.3. The van der Waals surface area contributed by atoms with Gasteiger partial charge in [-0.1, -0.05) is 12.1 Å². The molecule has 158 valence electrons. The fourth-order valence-corrected chi connectivity index (χ4v) is 4.34. The van der Waals surface area contributed by atoms with Gasteiger partial charge in [0.05, 0.1) is 23.9 Å². The molecule has 2 aromatic carbocycles. The molecule has 0 bridgehead atoms. The third-order valence-corrected chi connectivity index (χ3v) is 5.96. The van der Waals surface area contributed by atoms with Crippen molar-refractivity contribution in [2.75, 3.05) is 19.0 Å². The number of hydrogen-bond donors (Lipinski definition) is 1. The minimum Gasteiger partial charge on any atom is -0.497 e. The number of imide groups is 1. The third-order valence-electron chi connectivity index (χ3n) is 5.07. The first-order valence-corrected chi connectivity index (χ1v) is 10.7. The van der Waals surface area contributed by atoms with Crippen LogP contribution in [0.3, 0.4) is 0 Å². The Morgan fingerprint density at radius 1 is 1.06 bits per heavy atom. The van der Waals surface area contributed by atoms with E-state index >= 15 is 0 Å². The summed E-state index contributed by atoms with van der Waals surface area (Å²) >= 11 is 1.41. The second-order valence-electron chi connectivity index (χ2n) is 7.11. The van der Waals surface area contributed by atoms with Crippen molar-refractivity contribution < 1.29 is 19.1 Å². The first-order valence-electron chi connectivity index (χ1n) is 9.85. The number of carbonyl (C=O) groups is 3. The number of nitrogens with one attached hydrogen (secondary N) is 1. The minimum absolute atomic E-state index is 0.184. The maximum absolute atomic E-state index is 12.4. The van der Waals surface area contributed by atoms with Crippen LogP contribution in [-0.4, -0.2) is 41.3 Å². The second-order valence-corrected chi connectivity index (χ2v) is 8.31. The fraction of sp³-hybridized carbons (Fsp3) is 0.217. The molecule has 2 heterocycles. The van der Waals surface area contributed by atoms with Crippen LogP contribution < -0.4 is 10.1 Å². The van der Waals surface area contributed by atoms with Gasteiger partial charge in [-0.3, -0.25) is 19.3 Å². The van der Waals surface area contributed by atoms with Crippen LogP contribution in [0.5, 0.6) is 5.75 Å². The van der Waals surface area contributed by atoms with E-state index in [9.17, 15) is 14.4 Å². The molecule has 3 amide bonds. The highest BCUT2D eigenvalue weighted by molar-refractivity contribution is 7.16. The van der Waals surface area contributed by atoms with Gasteiger partial charge in [-0.25, -0.2) is 4.98 Å². The molecule has 0 spiro atoms. The highest BCUT2D eigenvalue weighted by atomic mass is 32.1. The lowest BCUT2D eigenvalue weighted by Gasteiger charge is -2.13. The average Bonchev–Trinajstić information content (AvgIpc) is 3.26. The number of nitrogens with zero attached hydrogens (tertiary/aromatic N) is 2. The number of benzene rings is 2. The highest BCUT2D eigenvalue weighted by Gasteiger charge is 2.34. The SMILES string of the molecule is COc1ccc(-c2nc(NC(=O)CCCN3C(=O)c4ccccc4C3=O)sc2C)cc1. The van der Waals surface area contributed by atoms with E-state index in [1.54, 1.807) is 31.4 Å². The molecule has 0 saturated heterocycles. The zero-order chi connectivity index (χ0) is 22.0. The Balaban J connectivity index is 1.33. The van der Waals surface area contributed by atoms with Crippen LogP contribution in [0.15, 0.2) is 48.5 Å². The van der Waals surface area contributed by atoms with Crippen LogP contribution in [0.2, 0.25) is 0 Å². The third kappa shape index (κ3) is 4.20. The van der Waals surface area contributed by atoms with Gasteiger partial charge in [0.2, 0.25) is 5.91 Å². The van der Waals surface area contributed by atoms with Crippen LogP contribution in [0.25, 0.3) is 11.3 Å². The molecule has 0 radical (unpaired) electrons. The molecule has 0 fully saturated rings. The van der Waals surface area contributed by atoms with Crippen molar-refractivity contribution in [3.63, 3.8) is 0 Å². The second kappa shape index (κ2) is 8.69. The van der Waals surface area contributed by atoms with E-state index in [1.807, 2.05) is 31.2 Å². The van der Waals surface area contributed by atoms with Crippen molar-refractivity contribution in [1.29, 1.82) is 0 Å². The summed E-state index contributed by atoms with van der Waals surface area (Å²) in [5.41, 5.74) is 2.59. The Morgan fingerprint density at radius 2 is 1.71 bits per heavy atom. The van der Waals surface area contributed by atoms with E-state index in [2.05, 4.69) is 10.3 Å². The molecule has 1 aliphatic rings. The molecule has 0 atom stereocenters. The highest BCUT2D eigenvalue weighted by Crippen LogP contribution is 2.31. The van der Waals surface area contributed by atoms with Crippen molar-refractivity contribution in [2.24, 2.45) is 0 Å². The molecule has 4 rings (SSSR count). The van der Waals surface area contributed by atoms with Gasteiger partial charge in [0, 0.05) is 23.4 Å². The summed E-state index contributed by atoms with van der Waals surface area (Å²) in [7, 11) is 1.62. The summed E-state index contributed by atoms with van der Waals surface area (Å²) < 4.78 is 5.18. The number of ether oxygens (including phenoxy) is 1. The van der Waals surface area contributed by atoms with Gasteiger partial charge < -0.3 is 10.1 Å². The van der Waals surface area contributed by atoms with Crippen molar-refractivity contribution in [2.45, 2.75) is 19.8 Å². The number of aryl methyl sites for hydroxylation is 1. The molecule has 1 N–H and O–H groups in total. The van der Waals surface area contributed by atoms with E-state index in [-0.39, 0.29) is 30.7 Å². The van der Waals surface area contributed by atoms with Crippen molar-refractivity contribution >= 4 is 34.2 Å². The summed E-state index contributed by atoms with van der Waals surface area (Å²) in [6.45, 7) is 2.16. The van der Waals surface area contributed by atoms with Crippen LogP contribution in [-0.2, 0) is 4.79 Å². The Bertz CT molecular complexity index is 1120. The Hall–Kier alpha value is -3.52. The number of aromatic nitrogens is 1. The number of thiazole rings is 1. The lowest BCUT2D eigenvalue weighted by atomic mass is 10.1. The number of carbonyl (C=O) groups excluding carboxylic acids is 3. The number of rotatable bonds is 7. The first kappa shape index (κ1) is 20.7. The lowest BCUT2D eigenvalue weighted by Crippen LogP contribution is -2.31. The molecule has 0 unspecified atom stereocenters. The summed E-state index contributed by atoms with van der Waals surface area (Å²) in [4.78, 5) is 43.8. The number of fused-ring (bicyclic) bond motifs is 1. The molecular weight excluding hydrogens is 414 g/mol. The maximum atomic E-state index is 12.4. The van der Waals surface area contributed by atoms with E-state index in [0.717, 1.165) is 21.9 Å². The largest absolute Gasteiger partial charge is 0.497 e. The summed E-state index contributed by atoms with van der Waals surface area (Å²) in [5, 5.41) is 3.34. The average molecular weight is 436 g/mol. The fourth-order valence-electron chi connectivity index (χ4n) is 3.49. The monoisotopic (exact) mass is 435 g/mol. The minimum atomic E-state index is -0.305. The van der Waals surface area contributed by atoms with Crippen molar-refractivity contribution in [3.8, 4) is 17.0 Å². The molecule has 8 heteroatoms. The number of anilines is 1. The standard InChI is InChI=1S/C23H21N3O4S/c1-14-20(15-9-11-16(30-2)12-10-15)25-23(31-14)24-19(27)8-5-13-26-21(28)17-6-3-4-7-18(17)22(26)29/h3-4,6-7,9-12H,5,8,13H2,1-2H3,(H,24,25,27). The molecule has 7 nitrogen and oxygen atoms in total. The van der Waals surface area contributed by atoms with E-state index in [0.29, 0.717) is 22.7 Å². The Kier molecular flexibility index (Phi) is 5.81. The number of methoxy groups -OCH3 is 1. The first-order chi connectivity index (χ1) is 15.0. The number of hydrogen-bond acceptors (Lipinski definition) is 6. The lowest BCUT2D eigenvalue weighted by molar-refractivity contribution is -0.116. The quantitative estimate of drug-likeness (QED) is 0.564. The Labute approximate surface area is 183 Å². The zero-order valence-electron chi connectivity index (χ0n) is 17.2. The Morgan fingerprint density at radius 3 is 2.32 bits per heavy atom. The molecule has 3 aromatic rings. The molecule has 0 saturated carbocycles. The van der Waals surface area contributed by atoms with Gasteiger partial charge in [0.1, 0.15) is 5.75 Å². The van der Waals surface area contributed by atoms with Gasteiger partial charge >= 0.3 is 0 Å². The zero-order valence-corrected chi connectivity index (χ0v) is 18.0. The van der Waals surface area contributed by atoms with Gasteiger partial charge in [-0.05, 0) is 49.7 Å².